The van der Waals surface area contributed by atoms with E-state index in [9.17, 15) is 24.3 Å². The normalized spacial score (nSPS) is 31.7. The van der Waals surface area contributed by atoms with Crippen molar-refractivity contribution < 1.29 is 48.0 Å². The minimum atomic E-state index is -1.58. The van der Waals surface area contributed by atoms with E-state index in [1.165, 1.54) is 31.1 Å². The Labute approximate surface area is 323 Å². The molecule has 4 rings (SSSR count). The molecule has 14 heteroatoms. The average molecular weight is 779 g/mol. The van der Waals surface area contributed by atoms with Crippen molar-refractivity contribution in [2.75, 3.05) is 33.2 Å². The van der Waals surface area contributed by atoms with Gasteiger partial charge in [0.15, 0.2) is 0 Å². The van der Waals surface area contributed by atoms with Gasteiger partial charge in [-0.2, -0.15) is 12.6 Å². The predicted molar refractivity (Wildman–Crippen MR) is 204 cm³/mol. The summed E-state index contributed by atoms with van der Waals surface area (Å²) in [5, 5.41) is 12.1. The topological polar surface area (TPSA) is 144 Å². The van der Waals surface area contributed by atoms with Gasteiger partial charge in [-0.05, 0) is 51.3 Å². The molecule has 3 aliphatic heterocycles. The number of epoxide rings is 1. The lowest BCUT2D eigenvalue weighted by atomic mass is 9.78. The third-order valence-electron chi connectivity index (χ3n) is 10.7. The molecule has 3 heterocycles. The van der Waals surface area contributed by atoms with Crippen molar-refractivity contribution in [3.8, 4) is 5.75 Å². The third-order valence-corrected chi connectivity index (χ3v) is 11.3. The number of likely N-dealkylation sites (N-methyl/N-ethyl adjacent to an activating group) is 1. The molecular weight excluding hydrogens is 724 g/mol. The Morgan fingerprint density at radius 3 is 2.55 bits per heavy atom. The molecule has 0 radical (unpaired) electrons. The number of halogens is 1. The van der Waals surface area contributed by atoms with E-state index in [2.05, 4.69) is 12.6 Å². The highest BCUT2D eigenvalue weighted by molar-refractivity contribution is 7.81. The number of amides is 2. The SMILES string of the molecule is COc1cc2cc(c1Cl)N(C)C(=O)C[C@H](OC(=O)[C@H](C)N(C)C(=O)CCC(C)(C)S)[C@]1(C)O[C@H]1[C@H](C)[C@@H]1C[C@@](O)(CC(=O)O1)[C@H](OC)/C=C/C=C(\C)C2. The first-order chi connectivity index (χ1) is 24.6. The summed E-state index contributed by atoms with van der Waals surface area (Å²) in [6.07, 6.45) is 2.67. The number of carbonyl (C=O) groups excluding carboxylic acids is 4. The molecule has 2 fully saturated rings. The van der Waals surface area contributed by atoms with Crippen LogP contribution < -0.4 is 9.64 Å². The molecule has 2 saturated heterocycles. The number of allylic oxidation sites excluding steroid dienone is 3. The molecule has 3 aliphatic rings. The van der Waals surface area contributed by atoms with Crippen molar-refractivity contribution in [1.29, 1.82) is 0 Å². The average Bonchev–Trinajstić information content (AvgIpc) is 3.78. The van der Waals surface area contributed by atoms with Crippen LogP contribution in [0.3, 0.4) is 0 Å². The first kappa shape index (κ1) is 42.6. The summed E-state index contributed by atoms with van der Waals surface area (Å²) in [5.41, 5.74) is -0.605. The van der Waals surface area contributed by atoms with E-state index in [0.29, 0.717) is 24.3 Å². The van der Waals surface area contributed by atoms with Gasteiger partial charge < -0.3 is 38.6 Å². The van der Waals surface area contributed by atoms with Crippen molar-refractivity contribution in [1.82, 2.24) is 4.90 Å². The van der Waals surface area contributed by atoms with Gasteiger partial charge in [0, 0.05) is 44.7 Å². The number of anilines is 1. The van der Waals surface area contributed by atoms with E-state index >= 15 is 0 Å². The van der Waals surface area contributed by atoms with Crippen LogP contribution in [0.1, 0.15) is 79.2 Å². The van der Waals surface area contributed by atoms with Crippen molar-refractivity contribution in [2.45, 2.75) is 126 Å². The van der Waals surface area contributed by atoms with E-state index in [0.717, 1.165) is 11.1 Å². The van der Waals surface area contributed by atoms with Gasteiger partial charge in [-0.1, -0.05) is 56.2 Å². The number of hydrogen-bond acceptors (Lipinski definition) is 11. The van der Waals surface area contributed by atoms with E-state index in [-0.39, 0.29) is 41.4 Å². The highest BCUT2D eigenvalue weighted by Gasteiger charge is 2.64. The number of aliphatic hydroxyl groups is 1. The highest BCUT2D eigenvalue weighted by Crippen LogP contribution is 2.50. The number of hydrogen-bond donors (Lipinski definition) is 2. The summed E-state index contributed by atoms with van der Waals surface area (Å²) in [7, 11) is 6.08. The van der Waals surface area contributed by atoms with Gasteiger partial charge in [-0.3, -0.25) is 14.4 Å². The van der Waals surface area contributed by atoms with Crippen LogP contribution in [-0.4, -0.2) is 108 Å². The number of carbonyl (C=O) groups is 4. The van der Waals surface area contributed by atoms with Gasteiger partial charge in [0.25, 0.3) is 0 Å². The zero-order valence-corrected chi connectivity index (χ0v) is 34.1. The van der Waals surface area contributed by atoms with Crippen LogP contribution in [0.4, 0.5) is 5.69 Å². The van der Waals surface area contributed by atoms with Crippen LogP contribution in [0.2, 0.25) is 5.02 Å². The van der Waals surface area contributed by atoms with Gasteiger partial charge in [0.1, 0.15) is 46.3 Å². The molecule has 4 bridgehead atoms. The molecule has 1 aromatic carbocycles. The Morgan fingerprint density at radius 2 is 1.92 bits per heavy atom. The van der Waals surface area contributed by atoms with Crippen LogP contribution in [0.5, 0.6) is 5.75 Å². The van der Waals surface area contributed by atoms with E-state index < -0.39 is 65.4 Å². The van der Waals surface area contributed by atoms with Crippen molar-refractivity contribution in [3.05, 3.63) is 46.5 Å². The van der Waals surface area contributed by atoms with Gasteiger partial charge in [0.2, 0.25) is 11.8 Å². The fourth-order valence-electron chi connectivity index (χ4n) is 7.06. The van der Waals surface area contributed by atoms with Gasteiger partial charge in [-0.25, -0.2) is 4.79 Å². The van der Waals surface area contributed by atoms with E-state index in [1.54, 1.807) is 45.2 Å². The number of rotatable bonds is 8. The molecule has 0 spiro atoms. The lowest BCUT2D eigenvalue weighted by Gasteiger charge is -2.41. The van der Waals surface area contributed by atoms with Crippen LogP contribution >= 0.6 is 24.2 Å². The molecule has 0 saturated carbocycles. The fourth-order valence-corrected chi connectivity index (χ4v) is 7.49. The summed E-state index contributed by atoms with van der Waals surface area (Å²) >= 11 is 11.3. The molecule has 294 valence electrons. The second-order valence-electron chi connectivity index (χ2n) is 15.5. The van der Waals surface area contributed by atoms with Crippen LogP contribution in [0.15, 0.2) is 35.9 Å². The molecule has 0 unspecified atom stereocenters. The molecule has 12 nitrogen and oxygen atoms in total. The molecule has 1 aromatic rings. The van der Waals surface area contributed by atoms with Gasteiger partial charge in [-0.15, -0.1) is 0 Å². The van der Waals surface area contributed by atoms with Crippen LogP contribution in [0, 0.1) is 5.92 Å². The number of ether oxygens (including phenoxy) is 5. The Balaban J connectivity index is 1.74. The summed E-state index contributed by atoms with van der Waals surface area (Å²) < 4.78 is 29.1. The fraction of sp³-hybridized carbons (Fsp3) is 0.641. The van der Waals surface area contributed by atoms with E-state index in [4.69, 9.17) is 35.3 Å². The monoisotopic (exact) mass is 778 g/mol. The third kappa shape index (κ3) is 9.96. The molecule has 1 N–H and O–H groups in total. The second-order valence-corrected chi connectivity index (χ2v) is 17.1. The number of benzene rings is 1. The summed E-state index contributed by atoms with van der Waals surface area (Å²) in [5.74, 6) is -2.09. The number of fused-ring (bicyclic) bond motifs is 5. The van der Waals surface area contributed by atoms with Crippen molar-refractivity contribution in [3.63, 3.8) is 0 Å². The first-order valence-electron chi connectivity index (χ1n) is 17.9. The van der Waals surface area contributed by atoms with Crippen LogP contribution in [-0.2, 0) is 44.5 Å². The maximum atomic E-state index is 14.1. The zero-order valence-electron chi connectivity index (χ0n) is 32.4. The smallest absolute Gasteiger partial charge is 0.328 e. The predicted octanol–water partition coefficient (Wildman–Crippen LogP) is 5.25. The summed E-state index contributed by atoms with van der Waals surface area (Å²) in [6, 6.07) is 2.63. The maximum absolute atomic E-state index is 14.1. The number of thiol groups is 1. The minimum Gasteiger partial charge on any atom is -0.495 e. The summed E-state index contributed by atoms with van der Waals surface area (Å²) in [6.45, 7) is 10.9. The number of esters is 2. The Hall–Kier alpha value is -3.10. The molecule has 53 heavy (non-hydrogen) atoms. The standard InChI is InChI=1S/C39H55ClN2O10S/c1-22-12-11-13-29(49-10)39(47)20-28(50-33(45)21-39)23(2)35-38(6,52-35)30(51-36(46)24(3)41(7)31(43)14-15-37(4,5)53)19-32(44)42(8)26-17-25(16-22)18-27(48-9)34(26)40/h11-13,17-18,23-24,28-30,35,47,53H,14-16,19-21H2,1-10H3/b13-11+,22-12+/t23-,24+,28+,29-,30+,35+,38+,39-/m1/s1. The molecule has 0 aromatic heterocycles. The second kappa shape index (κ2) is 16.7. The highest BCUT2D eigenvalue weighted by atomic mass is 35.5. The number of nitrogens with zero attached hydrogens (tertiary/aromatic N) is 2. The zero-order chi connectivity index (χ0) is 39.6. The molecule has 2 amide bonds. The quantitative estimate of drug-likeness (QED) is 0.204. The van der Waals surface area contributed by atoms with Gasteiger partial charge in [0.05, 0.1) is 31.7 Å². The molecule has 8 atom stereocenters. The first-order valence-corrected chi connectivity index (χ1v) is 18.7. The minimum absolute atomic E-state index is 0.0602. The lowest BCUT2D eigenvalue weighted by molar-refractivity contribution is -0.187. The molecular formula is C39H55ClN2O10S. The maximum Gasteiger partial charge on any atom is 0.328 e. The van der Waals surface area contributed by atoms with Crippen molar-refractivity contribution >= 4 is 53.7 Å². The van der Waals surface area contributed by atoms with E-state index in [1.807, 2.05) is 33.8 Å². The molecule has 0 aliphatic carbocycles. The van der Waals surface area contributed by atoms with Gasteiger partial charge >= 0.3 is 11.9 Å². The Bertz CT molecular complexity index is 1630. The Morgan fingerprint density at radius 1 is 1.25 bits per heavy atom. The van der Waals surface area contributed by atoms with Crippen molar-refractivity contribution in [2.24, 2.45) is 5.92 Å². The van der Waals surface area contributed by atoms with Crippen LogP contribution in [0.25, 0.3) is 0 Å². The number of methoxy groups -OCH3 is 2. The largest absolute Gasteiger partial charge is 0.495 e. The Kier molecular flexibility index (Phi) is 13.5. The lowest BCUT2D eigenvalue weighted by Crippen LogP contribution is -2.53. The summed E-state index contributed by atoms with van der Waals surface area (Å²) in [4.78, 5) is 56.6.